The summed E-state index contributed by atoms with van der Waals surface area (Å²) in [5.74, 6) is -0.493. The molecule has 2 heterocycles. The predicted molar refractivity (Wildman–Crippen MR) is 101 cm³/mol. The summed E-state index contributed by atoms with van der Waals surface area (Å²) in [4.78, 5) is 22.9. The van der Waals surface area contributed by atoms with E-state index in [2.05, 4.69) is 16.0 Å². The molecule has 7 nitrogen and oxygen atoms in total. The summed E-state index contributed by atoms with van der Waals surface area (Å²) in [6.45, 7) is 1.68. The number of fused-ring (bicyclic) bond motifs is 2. The smallest absolute Gasteiger partial charge is 0.229 e. The van der Waals surface area contributed by atoms with Gasteiger partial charge in [-0.15, -0.1) is 0 Å². The minimum atomic E-state index is -0.474. The number of halogens is 2. The van der Waals surface area contributed by atoms with Crippen LogP contribution in [-0.4, -0.2) is 38.1 Å². The van der Waals surface area contributed by atoms with Crippen LogP contribution in [-0.2, 0) is 22.4 Å². The van der Waals surface area contributed by atoms with E-state index in [0.717, 1.165) is 0 Å². The van der Waals surface area contributed by atoms with E-state index in [9.17, 15) is 18.4 Å². The molecule has 0 radical (unpaired) electrons. The zero-order valence-electron chi connectivity index (χ0n) is 15.4. The summed E-state index contributed by atoms with van der Waals surface area (Å²) in [5, 5.41) is 8.12. The number of nitrogens with one attached hydrogen (secondary N) is 3. The maximum absolute atomic E-state index is 13.7. The van der Waals surface area contributed by atoms with Gasteiger partial charge in [-0.25, -0.2) is 8.78 Å². The first-order chi connectivity index (χ1) is 14.0. The molecule has 0 saturated heterocycles. The van der Waals surface area contributed by atoms with Gasteiger partial charge in [0.2, 0.25) is 11.8 Å². The van der Waals surface area contributed by atoms with Crippen molar-refractivity contribution in [2.24, 2.45) is 0 Å². The maximum atomic E-state index is 13.7. The van der Waals surface area contributed by atoms with Crippen LogP contribution >= 0.6 is 0 Å². The van der Waals surface area contributed by atoms with Crippen molar-refractivity contribution < 1.29 is 27.8 Å². The molecule has 9 heteroatoms. The Balaban J connectivity index is 1.21. The first-order valence-corrected chi connectivity index (χ1v) is 9.21. The van der Waals surface area contributed by atoms with Crippen LogP contribution < -0.4 is 25.4 Å². The highest BCUT2D eigenvalue weighted by atomic mass is 19.1. The van der Waals surface area contributed by atoms with Crippen LogP contribution in [0.2, 0.25) is 0 Å². The van der Waals surface area contributed by atoms with E-state index in [4.69, 9.17) is 9.47 Å². The molecule has 0 aliphatic carbocycles. The van der Waals surface area contributed by atoms with Gasteiger partial charge >= 0.3 is 0 Å². The van der Waals surface area contributed by atoms with Gasteiger partial charge in [-0.05, 0) is 24.3 Å². The van der Waals surface area contributed by atoms with Crippen molar-refractivity contribution in [3.8, 4) is 11.5 Å². The highest BCUT2D eigenvalue weighted by Crippen LogP contribution is 2.35. The van der Waals surface area contributed by atoms with Crippen LogP contribution in [0.1, 0.15) is 11.1 Å². The number of benzene rings is 2. The Morgan fingerprint density at radius 3 is 1.69 bits per heavy atom. The largest absolute Gasteiger partial charge is 0.492 e. The standard InChI is InChI=1S/C20H19F2N3O4/c21-13-1-3-15(11-9-17(26)24-19(11)13)28-7-5-23-6-8-29-16-4-2-14(22)20-12(16)10-18(27)25-20/h1-4,23H,5-10H2,(H,24,26)(H,25,27). The Bertz CT molecular complexity index is 903. The number of carbonyl (C=O) groups is 2. The molecule has 29 heavy (non-hydrogen) atoms. The molecule has 2 aliphatic rings. The molecule has 2 aromatic rings. The molecular weight excluding hydrogens is 384 g/mol. The second kappa shape index (κ2) is 8.04. The topological polar surface area (TPSA) is 88.7 Å². The quantitative estimate of drug-likeness (QED) is 0.587. The minimum absolute atomic E-state index is 0.100. The van der Waals surface area contributed by atoms with Gasteiger partial charge < -0.3 is 25.4 Å². The van der Waals surface area contributed by atoms with Gasteiger partial charge in [-0.3, -0.25) is 9.59 Å². The average Bonchev–Trinajstić information content (AvgIpc) is 3.28. The Hall–Kier alpha value is -3.20. The van der Waals surface area contributed by atoms with E-state index >= 15 is 0 Å². The van der Waals surface area contributed by atoms with Gasteiger partial charge in [0.25, 0.3) is 0 Å². The third kappa shape index (κ3) is 4.00. The van der Waals surface area contributed by atoms with E-state index in [1.54, 1.807) is 0 Å². The zero-order valence-corrected chi connectivity index (χ0v) is 15.4. The van der Waals surface area contributed by atoms with E-state index in [1.807, 2.05) is 0 Å². The second-order valence-corrected chi connectivity index (χ2v) is 6.69. The number of rotatable bonds is 8. The fourth-order valence-electron chi connectivity index (χ4n) is 3.37. The summed E-state index contributed by atoms with van der Waals surface area (Å²) in [6, 6.07) is 5.56. The Morgan fingerprint density at radius 1 is 0.793 bits per heavy atom. The van der Waals surface area contributed by atoms with Crippen LogP contribution in [0.5, 0.6) is 11.5 Å². The first kappa shape index (κ1) is 19.1. The molecule has 0 atom stereocenters. The molecule has 2 aliphatic heterocycles. The molecule has 0 spiro atoms. The molecule has 0 aromatic heterocycles. The van der Waals surface area contributed by atoms with Gasteiger partial charge in [-0.2, -0.15) is 0 Å². The van der Waals surface area contributed by atoms with Gasteiger partial charge in [0.1, 0.15) is 36.3 Å². The van der Waals surface area contributed by atoms with Crippen LogP contribution in [0.3, 0.4) is 0 Å². The summed E-state index contributed by atoms with van der Waals surface area (Å²) in [5.41, 5.74) is 1.45. The third-order valence-electron chi connectivity index (χ3n) is 4.71. The maximum Gasteiger partial charge on any atom is 0.229 e. The number of amides is 2. The average molecular weight is 403 g/mol. The van der Waals surface area contributed by atoms with Crippen molar-refractivity contribution in [2.75, 3.05) is 36.9 Å². The molecule has 0 unspecified atom stereocenters. The SMILES string of the molecule is O=C1Cc2c(OCCNCCOc3ccc(F)c4c3CC(=O)N4)ccc(F)c2N1. The zero-order chi connectivity index (χ0) is 20.4. The van der Waals surface area contributed by atoms with Crippen LogP contribution in [0.25, 0.3) is 0 Å². The highest BCUT2D eigenvalue weighted by Gasteiger charge is 2.26. The predicted octanol–water partition coefficient (Wildman–Crippen LogP) is 2.00. The van der Waals surface area contributed by atoms with Crippen molar-refractivity contribution in [3.05, 3.63) is 47.0 Å². The van der Waals surface area contributed by atoms with Gasteiger partial charge in [-0.1, -0.05) is 0 Å². The lowest BCUT2D eigenvalue weighted by atomic mass is 10.1. The minimum Gasteiger partial charge on any atom is -0.492 e. The van der Waals surface area contributed by atoms with Crippen LogP contribution in [0.15, 0.2) is 24.3 Å². The van der Waals surface area contributed by atoms with Gasteiger partial charge in [0, 0.05) is 24.2 Å². The summed E-state index contributed by atoms with van der Waals surface area (Å²) >= 11 is 0. The monoisotopic (exact) mass is 403 g/mol. The first-order valence-electron chi connectivity index (χ1n) is 9.21. The van der Waals surface area contributed by atoms with Gasteiger partial charge in [0.15, 0.2) is 0 Å². The second-order valence-electron chi connectivity index (χ2n) is 6.69. The molecule has 0 saturated carbocycles. The fraction of sp³-hybridized carbons (Fsp3) is 0.300. The Labute approximate surface area is 165 Å². The number of ether oxygens (including phenoxy) is 2. The lowest BCUT2D eigenvalue weighted by molar-refractivity contribution is -0.115. The van der Waals surface area contributed by atoms with Crippen molar-refractivity contribution in [1.29, 1.82) is 0 Å². The van der Waals surface area contributed by atoms with Crippen LogP contribution in [0.4, 0.5) is 20.2 Å². The van der Waals surface area contributed by atoms with Crippen LogP contribution in [0, 0.1) is 11.6 Å². The molecule has 2 aromatic carbocycles. The molecule has 2 amide bonds. The van der Waals surface area contributed by atoms with E-state index in [-0.39, 0.29) is 36.0 Å². The number of hydrogen-bond donors (Lipinski definition) is 3. The van der Waals surface area contributed by atoms with E-state index in [1.165, 1.54) is 24.3 Å². The molecule has 0 bridgehead atoms. The number of hydrogen-bond acceptors (Lipinski definition) is 5. The summed E-state index contributed by atoms with van der Waals surface area (Å²) < 4.78 is 38.7. The lowest BCUT2D eigenvalue weighted by Crippen LogP contribution is -2.26. The number of carbonyl (C=O) groups excluding carboxylic acids is 2. The van der Waals surface area contributed by atoms with Crippen molar-refractivity contribution in [2.45, 2.75) is 12.8 Å². The van der Waals surface area contributed by atoms with Gasteiger partial charge in [0.05, 0.1) is 24.2 Å². The lowest BCUT2D eigenvalue weighted by Gasteiger charge is -2.12. The molecule has 152 valence electrons. The Morgan fingerprint density at radius 2 is 1.24 bits per heavy atom. The number of anilines is 2. The molecular formula is C20H19F2N3O4. The normalized spacial score (nSPS) is 14.3. The van der Waals surface area contributed by atoms with Crippen molar-refractivity contribution in [1.82, 2.24) is 5.32 Å². The Kier molecular flexibility index (Phi) is 5.30. The summed E-state index contributed by atoms with van der Waals surface area (Å²) in [6.07, 6.45) is 0.200. The van der Waals surface area contributed by atoms with Crippen molar-refractivity contribution >= 4 is 23.2 Å². The van der Waals surface area contributed by atoms with Crippen molar-refractivity contribution in [3.63, 3.8) is 0 Å². The van der Waals surface area contributed by atoms with E-state index < -0.39 is 11.6 Å². The van der Waals surface area contributed by atoms with E-state index in [0.29, 0.717) is 48.9 Å². The summed E-state index contributed by atoms with van der Waals surface area (Å²) in [7, 11) is 0. The molecule has 0 fully saturated rings. The highest BCUT2D eigenvalue weighted by molar-refractivity contribution is 6.00. The fourth-order valence-corrected chi connectivity index (χ4v) is 3.37. The molecule has 3 N–H and O–H groups in total. The third-order valence-corrected chi connectivity index (χ3v) is 4.71. The molecule has 4 rings (SSSR count).